The molecule has 0 saturated carbocycles. The standard InChI is InChI=1S/C20H25N3O6S2/c1-15-5-9-19(10-6-15)31(27,28)29-17-7-11-18(12-8-17)30(25,26)23-13-3-2-4-16(23)14-22-20(21)24/h5-12,16H,2-4,13-14H2,1H3,(H3,21,22,24)/t16-/m1/s1. The summed E-state index contributed by atoms with van der Waals surface area (Å²) in [6.45, 7) is 2.30. The molecule has 2 aromatic rings. The summed E-state index contributed by atoms with van der Waals surface area (Å²) in [6.07, 6.45) is 2.17. The summed E-state index contributed by atoms with van der Waals surface area (Å²) in [7, 11) is -7.88. The topological polar surface area (TPSA) is 136 Å². The van der Waals surface area contributed by atoms with Gasteiger partial charge in [-0.2, -0.15) is 12.7 Å². The predicted molar refractivity (Wildman–Crippen MR) is 115 cm³/mol. The number of carbonyl (C=O) groups is 1. The number of hydrogen-bond donors (Lipinski definition) is 2. The van der Waals surface area contributed by atoms with E-state index in [-0.39, 0.29) is 22.1 Å². The van der Waals surface area contributed by atoms with E-state index in [0.29, 0.717) is 19.4 Å². The first-order valence-corrected chi connectivity index (χ1v) is 12.6. The molecule has 0 unspecified atom stereocenters. The van der Waals surface area contributed by atoms with Crippen molar-refractivity contribution in [3.8, 4) is 5.75 Å². The van der Waals surface area contributed by atoms with Gasteiger partial charge in [-0.15, -0.1) is 0 Å². The molecule has 0 aliphatic carbocycles. The van der Waals surface area contributed by atoms with Gasteiger partial charge in [-0.05, 0) is 56.2 Å². The van der Waals surface area contributed by atoms with Crippen LogP contribution in [0.3, 0.4) is 0 Å². The van der Waals surface area contributed by atoms with Crippen molar-refractivity contribution >= 4 is 26.2 Å². The predicted octanol–water partition coefficient (Wildman–Crippen LogP) is 1.97. The number of nitrogens with zero attached hydrogens (tertiary/aromatic N) is 1. The van der Waals surface area contributed by atoms with Crippen molar-refractivity contribution in [3.63, 3.8) is 0 Å². The summed E-state index contributed by atoms with van der Waals surface area (Å²) in [4.78, 5) is 11.0. The number of primary amides is 1. The second kappa shape index (κ2) is 9.25. The zero-order valence-electron chi connectivity index (χ0n) is 17.0. The molecule has 0 radical (unpaired) electrons. The number of amides is 2. The number of hydrogen-bond acceptors (Lipinski definition) is 6. The largest absolute Gasteiger partial charge is 0.379 e. The highest BCUT2D eigenvalue weighted by molar-refractivity contribution is 7.89. The lowest BCUT2D eigenvalue weighted by molar-refractivity contribution is 0.229. The van der Waals surface area contributed by atoms with Crippen LogP contribution in [0.1, 0.15) is 24.8 Å². The Kier molecular flexibility index (Phi) is 6.87. The Balaban J connectivity index is 1.77. The second-order valence-electron chi connectivity index (χ2n) is 7.33. The molecule has 1 heterocycles. The van der Waals surface area contributed by atoms with Crippen LogP contribution in [0, 0.1) is 6.92 Å². The van der Waals surface area contributed by atoms with Crippen molar-refractivity contribution in [2.24, 2.45) is 5.73 Å². The molecule has 1 atom stereocenters. The molecule has 0 aromatic heterocycles. The third kappa shape index (κ3) is 5.54. The van der Waals surface area contributed by atoms with E-state index in [9.17, 15) is 21.6 Å². The van der Waals surface area contributed by atoms with Crippen molar-refractivity contribution in [2.45, 2.75) is 42.0 Å². The average Bonchev–Trinajstić information content (AvgIpc) is 2.73. The number of aryl methyl sites for hydroxylation is 1. The fourth-order valence-electron chi connectivity index (χ4n) is 3.40. The molecular weight excluding hydrogens is 442 g/mol. The van der Waals surface area contributed by atoms with Gasteiger partial charge in [0.25, 0.3) is 0 Å². The first-order chi connectivity index (χ1) is 14.6. The maximum Gasteiger partial charge on any atom is 0.339 e. The monoisotopic (exact) mass is 467 g/mol. The summed E-state index contributed by atoms with van der Waals surface area (Å²) in [5, 5.41) is 2.47. The number of nitrogens with one attached hydrogen (secondary N) is 1. The van der Waals surface area contributed by atoms with Crippen molar-refractivity contribution in [2.75, 3.05) is 13.1 Å². The maximum atomic E-state index is 13.1. The molecule has 2 aromatic carbocycles. The molecule has 1 aliphatic heterocycles. The van der Waals surface area contributed by atoms with Gasteiger partial charge < -0.3 is 15.2 Å². The zero-order valence-corrected chi connectivity index (χ0v) is 18.7. The van der Waals surface area contributed by atoms with Gasteiger partial charge in [0.1, 0.15) is 10.6 Å². The van der Waals surface area contributed by atoms with Crippen LogP contribution >= 0.6 is 0 Å². The van der Waals surface area contributed by atoms with E-state index in [2.05, 4.69) is 5.32 Å². The van der Waals surface area contributed by atoms with E-state index in [1.807, 2.05) is 6.92 Å². The number of sulfonamides is 1. The van der Waals surface area contributed by atoms with Crippen molar-refractivity contribution in [1.82, 2.24) is 9.62 Å². The van der Waals surface area contributed by atoms with Crippen LogP contribution in [0.25, 0.3) is 0 Å². The average molecular weight is 468 g/mol. The highest BCUT2D eigenvalue weighted by atomic mass is 32.2. The van der Waals surface area contributed by atoms with Gasteiger partial charge in [-0.3, -0.25) is 0 Å². The fourth-order valence-corrected chi connectivity index (χ4v) is 6.02. The summed E-state index contributed by atoms with van der Waals surface area (Å²) < 4.78 is 57.5. The Labute approximate surface area is 182 Å². The lowest BCUT2D eigenvalue weighted by atomic mass is 10.1. The normalized spacial score (nSPS) is 17.8. The minimum absolute atomic E-state index is 0.00474. The van der Waals surface area contributed by atoms with Crippen LogP contribution in [0.2, 0.25) is 0 Å². The summed E-state index contributed by atoms with van der Waals surface area (Å²) >= 11 is 0. The Morgan fingerprint density at radius 1 is 1.03 bits per heavy atom. The summed E-state index contributed by atoms with van der Waals surface area (Å²) in [5.74, 6) is 0.00474. The van der Waals surface area contributed by atoms with Crippen LogP contribution < -0.4 is 15.2 Å². The zero-order chi connectivity index (χ0) is 22.6. The molecule has 9 nitrogen and oxygen atoms in total. The lowest BCUT2D eigenvalue weighted by Gasteiger charge is -2.34. The minimum Gasteiger partial charge on any atom is -0.379 e. The van der Waals surface area contributed by atoms with Crippen LogP contribution in [0.4, 0.5) is 4.79 Å². The SMILES string of the molecule is Cc1ccc(S(=O)(=O)Oc2ccc(S(=O)(=O)N3CCCC[C@@H]3CNC(N)=O)cc2)cc1. The quantitative estimate of drug-likeness (QED) is 0.598. The molecule has 168 valence electrons. The minimum atomic E-state index is -4.04. The van der Waals surface area contributed by atoms with E-state index in [0.717, 1.165) is 12.0 Å². The van der Waals surface area contributed by atoms with E-state index in [4.69, 9.17) is 9.92 Å². The first kappa shape index (κ1) is 23.0. The van der Waals surface area contributed by atoms with E-state index in [1.54, 1.807) is 12.1 Å². The molecule has 1 fully saturated rings. The number of nitrogens with two attached hydrogens (primary N) is 1. The fraction of sp³-hybridized carbons (Fsp3) is 0.350. The molecule has 1 saturated heterocycles. The molecule has 0 bridgehead atoms. The summed E-state index contributed by atoms with van der Waals surface area (Å²) in [6, 6.07) is 10.3. The molecule has 2 amide bonds. The van der Waals surface area contributed by atoms with E-state index < -0.39 is 32.2 Å². The van der Waals surface area contributed by atoms with E-state index >= 15 is 0 Å². The molecule has 31 heavy (non-hydrogen) atoms. The Bertz CT molecular complexity index is 1130. The molecular formula is C20H25N3O6S2. The van der Waals surface area contributed by atoms with Gasteiger partial charge in [0.15, 0.2) is 0 Å². The molecule has 0 spiro atoms. The van der Waals surface area contributed by atoms with Gasteiger partial charge in [0.2, 0.25) is 10.0 Å². The number of benzene rings is 2. The highest BCUT2D eigenvalue weighted by Gasteiger charge is 2.33. The molecule has 3 N–H and O–H groups in total. The smallest absolute Gasteiger partial charge is 0.339 e. The van der Waals surface area contributed by atoms with Gasteiger partial charge in [0.05, 0.1) is 4.90 Å². The van der Waals surface area contributed by atoms with Gasteiger partial charge in [0, 0.05) is 19.1 Å². The van der Waals surface area contributed by atoms with Crippen molar-refractivity contribution < 1.29 is 25.8 Å². The lowest BCUT2D eigenvalue weighted by Crippen LogP contribution is -2.50. The Morgan fingerprint density at radius 3 is 2.26 bits per heavy atom. The molecule has 1 aliphatic rings. The molecule has 11 heteroatoms. The number of carbonyl (C=O) groups excluding carboxylic acids is 1. The van der Waals surface area contributed by atoms with Gasteiger partial charge in [-0.25, -0.2) is 13.2 Å². The van der Waals surface area contributed by atoms with E-state index in [1.165, 1.54) is 40.7 Å². The third-order valence-corrected chi connectivity index (χ3v) is 8.26. The van der Waals surface area contributed by atoms with Crippen LogP contribution in [-0.4, -0.2) is 46.3 Å². The van der Waals surface area contributed by atoms with Crippen LogP contribution in [0.15, 0.2) is 58.3 Å². The number of piperidine rings is 1. The van der Waals surface area contributed by atoms with Crippen molar-refractivity contribution in [3.05, 3.63) is 54.1 Å². The Hall–Kier alpha value is -2.63. The molecule has 3 rings (SSSR count). The Morgan fingerprint density at radius 2 is 1.65 bits per heavy atom. The third-order valence-electron chi connectivity index (χ3n) is 5.03. The number of urea groups is 1. The van der Waals surface area contributed by atoms with Crippen LogP contribution in [-0.2, 0) is 20.1 Å². The first-order valence-electron chi connectivity index (χ1n) is 9.76. The maximum absolute atomic E-state index is 13.1. The summed E-state index contributed by atoms with van der Waals surface area (Å²) in [5.41, 5.74) is 6.02. The van der Waals surface area contributed by atoms with Crippen molar-refractivity contribution in [1.29, 1.82) is 0 Å². The second-order valence-corrected chi connectivity index (χ2v) is 10.8. The number of rotatable bonds is 7. The highest BCUT2D eigenvalue weighted by Crippen LogP contribution is 2.27. The van der Waals surface area contributed by atoms with Gasteiger partial charge in [-0.1, -0.05) is 24.1 Å². The van der Waals surface area contributed by atoms with Gasteiger partial charge >= 0.3 is 16.1 Å². The van der Waals surface area contributed by atoms with Crippen LogP contribution in [0.5, 0.6) is 5.75 Å².